The number of hydrogen-bond donors (Lipinski definition) is 1. The molecule has 0 aliphatic carbocycles. The van der Waals surface area contributed by atoms with Crippen molar-refractivity contribution in [2.45, 2.75) is 32.4 Å². The van der Waals surface area contributed by atoms with Gasteiger partial charge < -0.3 is 14.6 Å². The van der Waals surface area contributed by atoms with Crippen LogP contribution in [-0.2, 0) is 9.53 Å². The van der Waals surface area contributed by atoms with Crippen LogP contribution in [0.3, 0.4) is 0 Å². The van der Waals surface area contributed by atoms with Crippen molar-refractivity contribution in [3.63, 3.8) is 0 Å². The summed E-state index contributed by atoms with van der Waals surface area (Å²) < 4.78 is 10.8. The van der Waals surface area contributed by atoms with Gasteiger partial charge in [-0.1, -0.05) is 12.1 Å². The molecule has 1 amide bonds. The van der Waals surface area contributed by atoms with Gasteiger partial charge in [0.05, 0.1) is 12.6 Å². The fourth-order valence-corrected chi connectivity index (χ4v) is 3.42. The summed E-state index contributed by atoms with van der Waals surface area (Å²) >= 11 is 1.58. The normalized spacial score (nSPS) is 20.3. The minimum absolute atomic E-state index is 0.0689. The molecule has 1 saturated heterocycles. The van der Waals surface area contributed by atoms with Crippen LogP contribution in [-0.4, -0.2) is 46.7 Å². The molecule has 3 heterocycles. The van der Waals surface area contributed by atoms with E-state index in [4.69, 9.17) is 9.26 Å². The average Bonchev–Trinajstić information content (AvgIpc) is 3.20. The SMILES string of the molecule is CC[C@H](C(=O)Nc1cc(C)on1)N1CCO[C@@H](c2nccs2)C1. The Balaban J connectivity index is 1.66. The third-order valence-corrected chi connectivity index (χ3v) is 4.70. The van der Waals surface area contributed by atoms with Crippen molar-refractivity contribution in [3.05, 3.63) is 28.4 Å². The third-order valence-electron chi connectivity index (χ3n) is 3.83. The molecule has 7 nitrogen and oxygen atoms in total. The van der Waals surface area contributed by atoms with Gasteiger partial charge in [0.25, 0.3) is 0 Å². The monoisotopic (exact) mass is 336 g/mol. The maximum absolute atomic E-state index is 12.6. The number of carbonyl (C=O) groups excluding carboxylic acids is 1. The molecule has 0 aromatic carbocycles. The van der Waals surface area contributed by atoms with E-state index in [9.17, 15) is 4.79 Å². The molecule has 0 saturated carbocycles. The van der Waals surface area contributed by atoms with E-state index in [-0.39, 0.29) is 18.1 Å². The van der Waals surface area contributed by atoms with Gasteiger partial charge in [-0.3, -0.25) is 9.69 Å². The lowest BCUT2D eigenvalue weighted by Gasteiger charge is -2.36. The first kappa shape index (κ1) is 16.1. The molecule has 124 valence electrons. The second-order valence-corrected chi connectivity index (χ2v) is 6.39. The first-order chi connectivity index (χ1) is 11.2. The number of hydrogen-bond acceptors (Lipinski definition) is 7. The summed E-state index contributed by atoms with van der Waals surface area (Å²) in [6.07, 6.45) is 2.42. The maximum Gasteiger partial charge on any atom is 0.242 e. The van der Waals surface area contributed by atoms with Gasteiger partial charge >= 0.3 is 0 Å². The van der Waals surface area contributed by atoms with Crippen LogP contribution >= 0.6 is 11.3 Å². The number of rotatable bonds is 5. The van der Waals surface area contributed by atoms with E-state index in [1.165, 1.54) is 0 Å². The Morgan fingerprint density at radius 1 is 1.61 bits per heavy atom. The number of aryl methyl sites for hydroxylation is 1. The van der Waals surface area contributed by atoms with Crippen molar-refractivity contribution in [2.75, 3.05) is 25.0 Å². The summed E-state index contributed by atoms with van der Waals surface area (Å²) in [4.78, 5) is 19.0. The van der Waals surface area contributed by atoms with Crippen LogP contribution < -0.4 is 5.32 Å². The summed E-state index contributed by atoms with van der Waals surface area (Å²) in [7, 11) is 0. The van der Waals surface area contributed by atoms with Gasteiger partial charge in [0.1, 0.15) is 16.9 Å². The lowest BCUT2D eigenvalue weighted by molar-refractivity contribution is -0.125. The lowest BCUT2D eigenvalue weighted by Crippen LogP contribution is -2.49. The number of anilines is 1. The molecule has 8 heteroatoms. The number of nitrogens with one attached hydrogen (secondary N) is 1. The molecular formula is C15H20N4O3S. The van der Waals surface area contributed by atoms with Gasteiger partial charge in [-0.2, -0.15) is 0 Å². The first-order valence-corrected chi connectivity index (χ1v) is 8.54. The van der Waals surface area contributed by atoms with E-state index in [0.717, 1.165) is 11.6 Å². The zero-order chi connectivity index (χ0) is 16.2. The number of amides is 1. The highest BCUT2D eigenvalue weighted by molar-refractivity contribution is 7.09. The molecule has 0 spiro atoms. The molecule has 0 bridgehead atoms. The van der Waals surface area contributed by atoms with Crippen LogP contribution in [0.1, 0.15) is 30.2 Å². The Morgan fingerprint density at radius 2 is 2.48 bits per heavy atom. The van der Waals surface area contributed by atoms with E-state index in [2.05, 4.69) is 20.4 Å². The number of thiazole rings is 1. The van der Waals surface area contributed by atoms with Crippen LogP contribution in [0.15, 0.2) is 22.2 Å². The highest BCUT2D eigenvalue weighted by atomic mass is 32.1. The molecule has 1 aliphatic rings. The smallest absolute Gasteiger partial charge is 0.242 e. The largest absolute Gasteiger partial charge is 0.368 e. The van der Waals surface area contributed by atoms with E-state index in [1.807, 2.05) is 12.3 Å². The summed E-state index contributed by atoms with van der Waals surface area (Å²) in [6.45, 7) is 5.78. The van der Waals surface area contributed by atoms with Gasteiger partial charge in [-0.15, -0.1) is 11.3 Å². The number of carbonyl (C=O) groups is 1. The molecule has 0 radical (unpaired) electrons. The van der Waals surface area contributed by atoms with E-state index in [0.29, 0.717) is 31.2 Å². The molecule has 23 heavy (non-hydrogen) atoms. The van der Waals surface area contributed by atoms with Crippen molar-refractivity contribution in [1.82, 2.24) is 15.0 Å². The van der Waals surface area contributed by atoms with E-state index < -0.39 is 0 Å². The quantitative estimate of drug-likeness (QED) is 0.902. The Kier molecular flexibility index (Phi) is 5.04. The predicted molar refractivity (Wildman–Crippen MR) is 86.3 cm³/mol. The molecule has 1 fully saturated rings. The van der Waals surface area contributed by atoms with Crippen LogP contribution in [0.2, 0.25) is 0 Å². The second kappa shape index (κ2) is 7.20. The molecular weight excluding hydrogens is 316 g/mol. The zero-order valence-corrected chi connectivity index (χ0v) is 14.0. The van der Waals surface area contributed by atoms with Crippen LogP contribution in [0.5, 0.6) is 0 Å². The minimum Gasteiger partial charge on any atom is -0.368 e. The van der Waals surface area contributed by atoms with Gasteiger partial charge in [-0.25, -0.2) is 4.98 Å². The summed E-state index contributed by atoms with van der Waals surface area (Å²) in [6, 6.07) is 1.49. The number of aromatic nitrogens is 2. The number of morpholine rings is 1. The number of ether oxygens (including phenoxy) is 1. The first-order valence-electron chi connectivity index (χ1n) is 7.66. The Hall–Kier alpha value is -1.77. The summed E-state index contributed by atoms with van der Waals surface area (Å²) in [5, 5.41) is 9.53. The predicted octanol–water partition coefficient (Wildman–Crippen LogP) is 2.23. The third kappa shape index (κ3) is 3.77. The highest BCUT2D eigenvalue weighted by Crippen LogP contribution is 2.25. The van der Waals surface area contributed by atoms with Gasteiger partial charge in [0.2, 0.25) is 5.91 Å². The van der Waals surface area contributed by atoms with Crippen LogP contribution in [0, 0.1) is 6.92 Å². The van der Waals surface area contributed by atoms with Crippen LogP contribution in [0.4, 0.5) is 5.82 Å². The molecule has 2 atom stereocenters. The minimum atomic E-state index is -0.224. The molecule has 3 rings (SSSR count). The van der Waals surface area contributed by atoms with Crippen molar-refractivity contribution in [1.29, 1.82) is 0 Å². The lowest BCUT2D eigenvalue weighted by atomic mass is 10.1. The Labute approximate surface area is 138 Å². The molecule has 1 N–H and O–H groups in total. The Morgan fingerprint density at radius 3 is 3.13 bits per heavy atom. The van der Waals surface area contributed by atoms with Gasteiger partial charge in [0, 0.05) is 30.7 Å². The van der Waals surface area contributed by atoms with Gasteiger partial charge in [0.15, 0.2) is 5.82 Å². The van der Waals surface area contributed by atoms with Crippen molar-refractivity contribution in [3.8, 4) is 0 Å². The maximum atomic E-state index is 12.6. The molecule has 2 aromatic heterocycles. The topological polar surface area (TPSA) is 80.5 Å². The standard InChI is InChI=1S/C15H20N4O3S/c1-3-11(14(20)17-13-8-10(2)22-18-13)19-5-6-21-12(9-19)15-16-4-7-23-15/h4,7-8,11-12H,3,5-6,9H2,1-2H3,(H,17,18,20)/t11-,12-/m1/s1. The fourth-order valence-electron chi connectivity index (χ4n) is 2.74. The molecule has 2 aromatic rings. The molecule has 0 unspecified atom stereocenters. The van der Waals surface area contributed by atoms with Crippen molar-refractivity contribution in [2.24, 2.45) is 0 Å². The second-order valence-electron chi connectivity index (χ2n) is 5.46. The fraction of sp³-hybridized carbons (Fsp3) is 0.533. The molecule has 1 aliphatic heterocycles. The number of nitrogens with zero attached hydrogens (tertiary/aromatic N) is 3. The Bertz CT molecular complexity index is 643. The van der Waals surface area contributed by atoms with Crippen molar-refractivity contribution >= 4 is 23.1 Å². The summed E-state index contributed by atoms with van der Waals surface area (Å²) in [5.41, 5.74) is 0. The van der Waals surface area contributed by atoms with E-state index >= 15 is 0 Å². The van der Waals surface area contributed by atoms with E-state index in [1.54, 1.807) is 30.5 Å². The zero-order valence-electron chi connectivity index (χ0n) is 13.2. The van der Waals surface area contributed by atoms with Crippen molar-refractivity contribution < 1.29 is 14.1 Å². The van der Waals surface area contributed by atoms with Crippen LogP contribution in [0.25, 0.3) is 0 Å². The highest BCUT2D eigenvalue weighted by Gasteiger charge is 2.31. The average molecular weight is 336 g/mol. The summed E-state index contributed by atoms with van der Waals surface area (Å²) in [5.74, 6) is 1.06. The van der Waals surface area contributed by atoms with Gasteiger partial charge in [-0.05, 0) is 13.3 Å².